The van der Waals surface area contributed by atoms with Crippen LogP contribution in [0.3, 0.4) is 0 Å². The molecule has 1 aromatic carbocycles. The molecule has 1 fully saturated rings. The van der Waals surface area contributed by atoms with Crippen LogP contribution >= 0.6 is 0 Å². The number of carbonyl (C=O) groups is 1. The lowest BCUT2D eigenvalue weighted by Crippen LogP contribution is -2.42. The van der Waals surface area contributed by atoms with E-state index in [2.05, 4.69) is 9.64 Å². The van der Waals surface area contributed by atoms with Crippen LogP contribution in [0.25, 0.3) is 0 Å². The topological polar surface area (TPSA) is 49.8 Å². The summed E-state index contributed by atoms with van der Waals surface area (Å²) in [7, 11) is 0. The van der Waals surface area contributed by atoms with Gasteiger partial charge < -0.3 is 9.84 Å². The number of alkyl halides is 2. The van der Waals surface area contributed by atoms with Crippen molar-refractivity contribution in [3.05, 3.63) is 29.8 Å². The lowest BCUT2D eigenvalue weighted by molar-refractivity contribution is -0.150. The number of para-hydroxylation sites is 1. The maximum absolute atomic E-state index is 12.4. The Morgan fingerprint density at radius 3 is 2.57 bits per heavy atom. The van der Waals surface area contributed by atoms with E-state index in [1.165, 1.54) is 6.07 Å². The second-order valence-electron chi connectivity index (χ2n) is 5.63. The zero-order chi connectivity index (χ0) is 15.5. The van der Waals surface area contributed by atoms with Crippen molar-refractivity contribution in [1.82, 2.24) is 4.90 Å². The fraction of sp³-hybridized carbons (Fsp3) is 0.533. The molecule has 0 aromatic heterocycles. The van der Waals surface area contributed by atoms with Gasteiger partial charge in [0, 0.05) is 12.1 Å². The molecule has 0 radical (unpaired) electrons. The van der Waals surface area contributed by atoms with Crippen molar-refractivity contribution in [2.24, 2.45) is 5.41 Å². The van der Waals surface area contributed by atoms with Gasteiger partial charge in [0.05, 0.1) is 5.41 Å². The highest BCUT2D eigenvalue weighted by Gasteiger charge is 2.36. The molecule has 1 saturated heterocycles. The van der Waals surface area contributed by atoms with Crippen LogP contribution in [0.1, 0.15) is 25.3 Å². The highest BCUT2D eigenvalue weighted by atomic mass is 19.3. The van der Waals surface area contributed by atoms with Gasteiger partial charge in [-0.1, -0.05) is 18.2 Å². The Hall–Kier alpha value is -1.69. The van der Waals surface area contributed by atoms with Gasteiger partial charge in [-0.15, -0.1) is 0 Å². The molecule has 1 heterocycles. The number of rotatable bonds is 5. The summed E-state index contributed by atoms with van der Waals surface area (Å²) in [6.07, 6.45) is 1.11. The Balaban J connectivity index is 1.99. The molecule has 0 bridgehead atoms. The van der Waals surface area contributed by atoms with Gasteiger partial charge in [-0.05, 0) is 38.9 Å². The quantitative estimate of drug-likeness (QED) is 0.908. The van der Waals surface area contributed by atoms with Crippen LogP contribution in [-0.2, 0) is 11.3 Å². The standard InChI is InChI=1S/C15H19F2NO3/c1-15(13(19)20)6-8-18(9-7-15)10-11-4-2-3-5-12(11)21-14(16)17/h2-5,14H,6-10H2,1H3,(H,19,20). The average Bonchev–Trinajstić information content (AvgIpc) is 2.43. The van der Waals surface area contributed by atoms with Crippen molar-refractivity contribution in [3.63, 3.8) is 0 Å². The van der Waals surface area contributed by atoms with E-state index in [4.69, 9.17) is 0 Å². The van der Waals surface area contributed by atoms with E-state index in [0.717, 1.165) is 0 Å². The van der Waals surface area contributed by atoms with E-state index >= 15 is 0 Å². The molecule has 2 rings (SSSR count). The van der Waals surface area contributed by atoms with E-state index in [0.29, 0.717) is 38.0 Å². The molecule has 21 heavy (non-hydrogen) atoms. The third-order valence-electron chi connectivity index (χ3n) is 4.06. The highest BCUT2D eigenvalue weighted by molar-refractivity contribution is 5.74. The van der Waals surface area contributed by atoms with E-state index in [1.807, 2.05) is 0 Å². The first-order chi connectivity index (χ1) is 9.90. The first kappa shape index (κ1) is 15.7. The molecule has 1 aliphatic rings. The van der Waals surface area contributed by atoms with Crippen molar-refractivity contribution >= 4 is 5.97 Å². The molecule has 1 N–H and O–H groups in total. The molecule has 0 unspecified atom stereocenters. The molecule has 0 spiro atoms. The molecule has 0 aliphatic carbocycles. The smallest absolute Gasteiger partial charge is 0.387 e. The molecule has 4 nitrogen and oxygen atoms in total. The summed E-state index contributed by atoms with van der Waals surface area (Å²) in [5.74, 6) is -0.595. The molecule has 0 saturated carbocycles. The molecular weight excluding hydrogens is 280 g/mol. The average molecular weight is 299 g/mol. The van der Waals surface area contributed by atoms with Gasteiger partial charge >= 0.3 is 12.6 Å². The van der Waals surface area contributed by atoms with E-state index in [9.17, 15) is 18.7 Å². The van der Waals surface area contributed by atoms with Crippen molar-refractivity contribution in [1.29, 1.82) is 0 Å². The van der Waals surface area contributed by atoms with Crippen molar-refractivity contribution in [2.45, 2.75) is 32.9 Å². The maximum Gasteiger partial charge on any atom is 0.387 e. The summed E-state index contributed by atoms with van der Waals surface area (Å²) >= 11 is 0. The summed E-state index contributed by atoms with van der Waals surface area (Å²) in [5, 5.41) is 9.19. The Morgan fingerprint density at radius 2 is 2.00 bits per heavy atom. The lowest BCUT2D eigenvalue weighted by Gasteiger charge is -2.36. The largest absolute Gasteiger partial charge is 0.481 e. The van der Waals surface area contributed by atoms with E-state index in [-0.39, 0.29) is 5.75 Å². The first-order valence-corrected chi connectivity index (χ1v) is 6.89. The number of benzene rings is 1. The Bertz CT molecular complexity index is 499. The fourth-order valence-electron chi connectivity index (χ4n) is 2.50. The molecule has 116 valence electrons. The lowest BCUT2D eigenvalue weighted by atomic mass is 9.80. The zero-order valence-electron chi connectivity index (χ0n) is 11.9. The fourth-order valence-corrected chi connectivity index (χ4v) is 2.50. The van der Waals surface area contributed by atoms with Crippen LogP contribution in [0.15, 0.2) is 24.3 Å². The molecular formula is C15H19F2NO3. The van der Waals surface area contributed by atoms with Crippen LogP contribution < -0.4 is 4.74 Å². The van der Waals surface area contributed by atoms with Crippen molar-refractivity contribution < 1.29 is 23.4 Å². The summed E-state index contributed by atoms with van der Waals surface area (Å²) in [6, 6.07) is 6.70. The predicted molar refractivity (Wildman–Crippen MR) is 73.3 cm³/mol. The SMILES string of the molecule is CC1(C(=O)O)CCN(Cc2ccccc2OC(F)F)CC1. The minimum absolute atomic E-state index is 0.180. The van der Waals surface area contributed by atoms with Gasteiger partial charge in [0.15, 0.2) is 0 Å². The Morgan fingerprint density at radius 1 is 1.38 bits per heavy atom. The second-order valence-corrected chi connectivity index (χ2v) is 5.63. The summed E-state index contributed by atoms with van der Waals surface area (Å²) in [4.78, 5) is 13.3. The number of likely N-dealkylation sites (tertiary alicyclic amines) is 1. The van der Waals surface area contributed by atoms with E-state index < -0.39 is 18.0 Å². The van der Waals surface area contributed by atoms with Gasteiger partial charge in [0.1, 0.15) is 5.75 Å². The molecule has 0 atom stereocenters. The third-order valence-corrected chi connectivity index (χ3v) is 4.06. The van der Waals surface area contributed by atoms with Crippen LogP contribution in [0.5, 0.6) is 5.75 Å². The normalized spacial score (nSPS) is 18.7. The number of ether oxygens (including phenoxy) is 1. The number of nitrogens with zero attached hydrogens (tertiary/aromatic N) is 1. The van der Waals surface area contributed by atoms with Crippen LogP contribution in [0.2, 0.25) is 0 Å². The van der Waals surface area contributed by atoms with Gasteiger partial charge in [-0.2, -0.15) is 8.78 Å². The number of piperidine rings is 1. The zero-order valence-corrected chi connectivity index (χ0v) is 11.9. The molecule has 1 aliphatic heterocycles. The number of hydrogen-bond donors (Lipinski definition) is 1. The number of carboxylic acids is 1. The van der Waals surface area contributed by atoms with Crippen LogP contribution in [-0.4, -0.2) is 35.7 Å². The Kier molecular flexibility index (Phi) is 4.77. The summed E-state index contributed by atoms with van der Waals surface area (Å²) < 4.78 is 29.2. The Labute approximate surface area is 122 Å². The van der Waals surface area contributed by atoms with Crippen molar-refractivity contribution in [3.8, 4) is 5.75 Å². The maximum atomic E-state index is 12.4. The number of halogens is 2. The highest BCUT2D eigenvalue weighted by Crippen LogP contribution is 2.32. The van der Waals surface area contributed by atoms with Gasteiger partial charge in [-0.25, -0.2) is 0 Å². The van der Waals surface area contributed by atoms with Gasteiger partial charge in [0.2, 0.25) is 0 Å². The molecule has 6 heteroatoms. The number of carboxylic acid groups (broad SMARTS) is 1. The predicted octanol–water partition coefficient (Wildman–Crippen LogP) is 2.97. The summed E-state index contributed by atoms with van der Waals surface area (Å²) in [5.41, 5.74) is 0.00639. The first-order valence-electron chi connectivity index (χ1n) is 6.89. The second kappa shape index (κ2) is 6.39. The third kappa shape index (κ3) is 3.91. The molecule has 0 amide bonds. The minimum atomic E-state index is -2.84. The van der Waals surface area contributed by atoms with Gasteiger partial charge in [-0.3, -0.25) is 9.69 Å². The van der Waals surface area contributed by atoms with Gasteiger partial charge in [0.25, 0.3) is 0 Å². The molecule has 1 aromatic rings. The van der Waals surface area contributed by atoms with Crippen LogP contribution in [0, 0.1) is 5.41 Å². The van der Waals surface area contributed by atoms with Crippen LogP contribution in [0.4, 0.5) is 8.78 Å². The monoisotopic (exact) mass is 299 g/mol. The number of aliphatic carboxylic acids is 1. The minimum Gasteiger partial charge on any atom is -0.481 e. The van der Waals surface area contributed by atoms with Crippen molar-refractivity contribution in [2.75, 3.05) is 13.1 Å². The summed E-state index contributed by atoms with van der Waals surface area (Å²) in [6.45, 7) is 0.652. The number of hydrogen-bond acceptors (Lipinski definition) is 3. The van der Waals surface area contributed by atoms with E-state index in [1.54, 1.807) is 25.1 Å².